The van der Waals surface area contributed by atoms with E-state index in [1.165, 1.54) is 6.07 Å². The third-order valence-electron chi connectivity index (χ3n) is 2.06. The molecule has 0 saturated heterocycles. The molecule has 1 aromatic carbocycles. The Morgan fingerprint density at radius 1 is 1.21 bits per heavy atom. The average molecular weight is 405 g/mol. The summed E-state index contributed by atoms with van der Waals surface area (Å²) in [5, 5.41) is -0.214. The Morgan fingerprint density at radius 2 is 1.79 bits per heavy atom. The first-order chi connectivity index (χ1) is 8.79. The van der Waals surface area contributed by atoms with Crippen molar-refractivity contribution in [1.82, 2.24) is 0 Å². The van der Waals surface area contributed by atoms with E-state index in [4.69, 9.17) is 23.2 Å². The van der Waals surface area contributed by atoms with Crippen molar-refractivity contribution in [2.75, 3.05) is 4.72 Å². The molecule has 0 aliphatic rings. The summed E-state index contributed by atoms with van der Waals surface area (Å²) in [7, 11) is -3.80. The zero-order valence-corrected chi connectivity index (χ0v) is 13.7. The van der Waals surface area contributed by atoms with Crippen molar-refractivity contribution in [2.45, 2.75) is 4.21 Å². The van der Waals surface area contributed by atoms with Crippen molar-refractivity contribution in [2.24, 2.45) is 0 Å². The van der Waals surface area contributed by atoms with Crippen LogP contribution in [0, 0.1) is 5.82 Å². The molecule has 2 aromatic rings. The maximum atomic E-state index is 13.0. The van der Waals surface area contributed by atoms with Gasteiger partial charge in [-0.1, -0.05) is 23.2 Å². The zero-order valence-electron chi connectivity index (χ0n) is 8.95. The molecule has 0 aliphatic heterocycles. The van der Waals surface area contributed by atoms with E-state index in [2.05, 4.69) is 20.7 Å². The van der Waals surface area contributed by atoms with Gasteiger partial charge in [0, 0.05) is 0 Å². The standard InChI is InChI=1S/C10H5BrCl2FNO2S2/c11-8-1-2-9(18-8)19(16,17)15-10-6(12)3-5(14)4-7(10)13/h1-4,15H. The SMILES string of the molecule is O=S(=O)(Nc1c(Cl)cc(F)cc1Cl)c1ccc(Br)s1. The number of hydrogen-bond acceptors (Lipinski definition) is 3. The highest BCUT2D eigenvalue weighted by Gasteiger charge is 2.20. The molecule has 0 spiro atoms. The number of thiophene rings is 1. The summed E-state index contributed by atoms with van der Waals surface area (Å²) in [5.41, 5.74) is -0.0470. The second-order valence-electron chi connectivity index (χ2n) is 3.41. The molecule has 0 atom stereocenters. The Hall–Kier alpha value is -0.340. The fourth-order valence-electron chi connectivity index (χ4n) is 1.27. The van der Waals surface area contributed by atoms with Gasteiger partial charge in [-0.2, -0.15) is 0 Å². The van der Waals surface area contributed by atoms with E-state index in [0.29, 0.717) is 3.79 Å². The van der Waals surface area contributed by atoms with Crippen LogP contribution in [0.1, 0.15) is 0 Å². The van der Waals surface area contributed by atoms with Crippen molar-refractivity contribution < 1.29 is 12.8 Å². The minimum Gasteiger partial charge on any atom is -0.276 e. The molecular weight excluding hydrogens is 400 g/mol. The number of sulfonamides is 1. The van der Waals surface area contributed by atoms with Gasteiger partial charge >= 0.3 is 0 Å². The predicted molar refractivity (Wildman–Crippen MR) is 79.2 cm³/mol. The second-order valence-corrected chi connectivity index (χ2v) is 8.60. The van der Waals surface area contributed by atoms with Crippen LogP contribution in [0.25, 0.3) is 0 Å². The first-order valence-electron chi connectivity index (χ1n) is 4.72. The van der Waals surface area contributed by atoms with Gasteiger partial charge < -0.3 is 0 Å². The summed E-state index contributed by atoms with van der Waals surface area (Å²) in [6, 6.07) is 5.00. The lowest BCUT2D eigenvalue weighted by atomic mass is 10.3. The van der Waals surface area contributed by atoms with Gasteiger partial charge in [0.2, 0.25) is 0 Å². The van der Waals surface area contributed by atoms with E-state index >= 15 is 0 Å². The highest BCUT2D eigenvalue weighted by Crippen LogP contribution is 2.34. The van der Waals surface area contributed by atoms with E-state index < -0.39 is 15.8 Å². The summed E-state index contributed by atoms with van der Waals surface area (Å²) in [6.07, 6.45) is 0. The quantitative estimate of drug-likeness (QED) is 0.801. The minimum atomic E-state index is -3.80. The van der Waals surface area contributed by atoms with Crippen LogP contribution in [0.2, 0.25) is 10.0 Å². The van der Waals surface area contributed by atoms with Crippen LogP contribution in [0.15, 0.2) is 32.3 Å². The first-order valence-corrected chi connectivity index (χ1v) is 8.57. The molecule has 9 heteroatoms. The molecule has 0 amide bonds. The van der Waals surface area contributed by atoms with Gasteiger partial charge in [-0.05, 0) is 40.2 Å². The van der Waals surface area contributed by atoms with Crippen molar-refractivity contribution in [3.8, 4) is 0 Å². The lowest BCUT2D eigenvalue weighted by molar-refractivity contribution is 0.603. The van der Waals surface area contributed by atoms with Crippen molar-refractivity contribution >= 4 is 66.2 Å². The Kier molecular flexibility index (Phi) is 4.42. The minimum absolute atomic E-state index is 0.0470. The third-order valence-corrected chi connectivity index (χ3v) is 6.12. The lowest BCUT2D eigenvalue weighted by Crippen LogP contribution is -2.12. The fraction of sp³-hybridized carbons (Fsp3) is 0. The molecule has 3 nitrogen and oxygen atoms in total. The summed E-state index contributed by atoms with van der Waals surface area (Å²) < 4.78 is 40.2. The van der Waals surface area contributed by atoms with Gasteiger partial charge in [0.1, 0.15) is 10.0 Å². The monoisotopic (exact) mass is 403 g/mol. The summed E-state index contributed by atoms with van der Waals surface area (Å²) in [5.74, 6) is -0.642. The molecule has 2 rings (SSSR count). The van der Waals surface area contributed by atoms with E-state index in [0.717, 1.165) is 23.5 Å². The zero-order chi connectivity index (χ0) is 14.2. The first kappa shape index (κ1) is 15.1. The molecule has 0 aliphatic carbocycles. The topological polar surface area (TPSA) is 46.2 Å². The van der Waals surface area contributed by atoms with Gasteiger partial charge in [0.25, 0.3) is 10.0 Å². The normalized spacial score (nSPS) is 11.6. The fourth-order valence-corrected chi connectivity index (χ4v) is 5.04. The molecule has 0 radical (unpaired) electrons. The summed E-state index contributed by atoms with van der Waals surface area (Å²) >= 11 is 15.8. The highest BCUT2D eigenvalue weighted by atomic mass is 79.9. The van der Waals surface area contributed by atoms with Crippen molar-refractivity contribution in [1.29, 1.82) is 0 Å². The average Bonchev–Trinajstić information content (AvgIpc) is 2.71. The number of nitrogens with one attached hydrogen (secondary N) is 1. The van der Waals surface area contributed by atoms with E-state index in [1.54, 1.807) is 6.07 Å². The molecule has 1 heterocycles. The van der Waals surface area contributed by atoms with Crippen molar-refractivity contribution in [3.63, 3.8) is 0 Å². The van der Waals surface area contributed by atoms with E-state index in [1.807, 2.05) is 0 Å². The summed E-state index contributed by atoms with van der Waals surface area (Å²) in [4.78, 5) is 0. The summed E-state index contributed by atoms with van der Waals surface area (Å²) in [6.45, 7) is 0. The number of halogens is 4. The number of hydrogen-bond donors (Lipinski definition) is 1. The van der Waals surface area contributed by atoms with Crippen LogP contribution in [0.4, 0.5) is 10.1 Å². The van der Waals surface area contributed by atoms with Crippen LogP contribution >= 0.6 is 50.5 Å². The van der Waals surface area contributed by atoms with Gasteiger partial charge in [-0.3, -0.25) is 4.72 Å². The Bertz CT molecular complexity index is 710. The van der Waals surface area contributed by atoms with E-state index in [-0.39, 0.29) is 19.9 Å². The maximum Gasteiger partial charge on any atom is 0.271 e. The molecule has 0 saturated carbocycles. The van der Waals surface area contributed by atoms with Gasteiger partial charge in [0.15, 0.2) is 0 Å². The van der Waals surface area contributed by atoms with Gasteiger partial charge in [0.05, 0.1) is 19.5 Å². The Labute approximate surface area is 131 Å². The molecule has 19 heavy (non-hydrogen) atoms. The predicted octanol–water partition coefficient (Wildman–Crippen LogP) is 4.76. The number of anilines is 1. The highest BCUT2D eigenvalue weighted by molar-refractivity contribution is 9.11. The van der Waals surface area contributed by atoms with E-state index in [9.17, 15) is 12.8 Å². The number of rotatable bonds is 3. The number of benzene rings is 1. The van der Waals surface area contributed by atoms with Crippen LogP contribution in [0.3, 0.4) is 0 Å². The van der Waals surface area contributed by atoms with Crippen molar-refractivity contribution in [3.05, 3.63) is 43.9 Å². The third kappa shape index (κ3) is 3.41. The molecule has 1 N–H and O–H groups in total. The Balaban J connectivity index is 2.41. The Morgan fingerprint density at radius 3 is 2.26 bits per heavy atom. The molecular formula is C10H5BrCl2FNO2S2. The maximum absolute atomic E-state index is 13.0. The van der Waals surface area contributed by atoms with Crippen LogP contribution in [-0.2, 0) is 10.0 Å². The molecule has 0 bridgehead atoms. The largest absolute Gasteiger partial charge is 0.276 e. The van der Waals surface area contributed by atoms with Crippen LogP contribution in [-0.4, -0.2) is 8.42 Å². The van der Waals surface area contributed by atoms with Crippen LogP contribution < -0.4 is 4.72 Å². The lowest BCUT2D eigenvalue weighted by Gasteiger charge is -2.10. The van der Waals surface area contributed by atoms with Crippen LogP contribution in [0.5, 0.6) is 0 Å². The smallest absolute Gasteiger partial charge is 0.271 e. The molecule has 0 unspecified atom stereocenters. The second kappa shape index (κ2) is 5.57. The molecule has 102 valence electrons. The van der Waals surface area contributed by atoms with Gasteiger partial charge in [-0.15, -0.1) is 11.3 Å². The van der Waals surface area contributed by atoms with Gasteiger partial charge in [-0.25, -0.2) is 12.8 Å². The molecule has 0 fully saturated rings. The molecule has 1 aromatic heterocycles.